The first-order valence-corrected chi connectivity index (χ1v) is 8.55. The summed E-state index contributed by atoms with van der Waals surface area (Å²) in [5.41, 5.74) is 2.53. The quantitative estimate of drug-likeness (QED) is 0.854. The average molecular weight is 317 g/mol. The van der Waals surface area contributed by atoms with Crippen LogP contribution in [0.25, 0.3) is 0 Å². The van der Waals surface area contributed by atoms with Crippen LogP contribution in [0.5, 0.6) is 11.5 Å². The van der Waals surface area contributed by atoms with Gasteiger partial charge in [0.05, 0.1) is 14.2 Å². The van der Waals surface area contributed by atoms with Crippen molar-refractivity contribution in [2.24, 2.45) is 11.8 Å². The first kappa shape index (κ1) is 16.3. The van der Waals surface area contributed by atoms with Crippen molar-refractivity contribution in [2.45, 2.75) is 39.2 Å². The van der Waals surface area contributed by atoms with Crippen molar-refractivity contribution in [1.29, 1.82) is 0 Å². The lowest BCUT2D eigenvalue weighted by Crippen LogP contribution is -2.46. The molecule has 2 aliphatic heterocycles. The van der Waals surface area contributed by atoms with Gasteiger partial charge < -0.3 is 9.47 Å². The summed E-state index contributed by atoms with van der Waals surface area (Å²) in [4.78, 5) is 15.1. The van der Waals surface area contributed by atoms with Gasteiger partial charge in [0.15, 0.2) is 11.5 Å². The maximum absolute atomic E-state index is 12.6. The molecule has 23 heavy (non-hydrogen) atoms. The van der Waals surface area contributed by atoms with Crippen molar-refractivity contribution in [1.82, 2.24) is 4.90 Å². The summed E-state index contributed by atoms with van der Waals surface area (Å²) in [6.07, 6.45) is 2.63. The molecule has 1 aromatic rings. The van der Waals surface area contributed by atoms with E-state index < -0.39 is 0 Å². The van der Waals surface area contributed by atoms with Crippen molar-refractivity contribution < 1.29 is 14.3 Å². The molecule has 126 valence electrons. The summed E-state index contributed by atoms with van der Waals surface area (Å²) in [7, 11) is 3.33. The predicted octanol–water partition coefficient (Wildman–Crippen LogP) is 3.24. The van der Waals surface area contributed by atoms with E-state index in [0.29, 0.717) is 18.1 Å². The maximum atomic E-state index is 12.6. The molecule has 0 saturated carbocycles. The highest BCUT2D eigenvalue weighted by Crippen LogP contribution is 2.42. The Morgan fingerprint density at radius 3 is 2.57 bits per heavy atom. The van der Waals surface area contributed by atoms with E-state index in [4.69, 9.17) is 9.47 Å². The predicted molar refractivity (Wildman–Crippen MR) is 90.1 cm³/mol. The van der Waals surface area contributed by atoms with Gasteiger partial charge in [0.25, 0.3) is 0 Å². The molecule has 2 aliphatic rings. The molecule has 0 radical (unpaired) electrons. The zero-order chi connectivity index (χ0) is 16.6. The van der Waals surface area contributed by atoms with Crippen LogP contribution in [0.1, 0.15) is 43.9 Å². The molecular formula is C19H27NO3. The molecule has 0 aromatic heterocycles. The van der Waals surface area contributed by atoms with Gasteiger partial charge in [-0.15, -0.1) is 0 Å². The molecule has 4 nitrogen and oxygen atoms in total. The Bertz CT molecular complexity index is 597. The van der Waals surface area contributed by atoms with Crippen LogP contribution in [0, 0.1) is 11.8 Å². The Balaban J connectivity index is 1.89. The van der Waals surface area contributed by atoms with Gasteiger partial charge in [-0.1, -0.05) is 13.8 Å². The number of rotatable bonds is 4. The average Bonchev–Trinajstić information content (AvgIpc) is 2.53. The van der Waals surface area contributed by atoms with Crippen molar-refractivity contribution in [3.63, 3.8) is 0 Å². The minimum atomic E-state index is 0.202. The van der Waals surface area contributed by atoms with E-state index in [1.54, 1.807) is 14.2 Å². The second-order valence-electron chi connectivity index (χ2n) is 7.16. The Hall–Kier alpha value is -1.55. The number of ether oxygens (including phenoxy) is 2. The summed E-state index contributed by atoms with van der Waals surface area (Å²) in [6.45, 7) is 6.31. The molecule has 0 aliphatic carbocycles. The lowest BCUT2D eigenvalue weighted by Gasteiger charge is -2.43. The van der Waals surface area contributed by atoms with Crippen LogP contribution in [-0.2, 0) is 11.2 Å². The maximum Gasteiger partial charge on any atom is 0.161 e. The molecule has 2 heterocycles. The van der Waals surface area contributed by atoms with Gasteiger partial charge >= 0.3 is 0 Å². The normalized spacial score (nSPS) is 24.3. The summed E-state index contributed by atoms with van der Waals surface area (Å²) >= 11 is 0. The Morgan fingerprint density at radius 2 is 1.91 bits per heavy atom. The zero-order valence-corrected chi connectivity index (χ0v) is 14.6. The molecular weight excluding hydrogens is 290 g/mol. The van der Waals surface area contributed by atoms with Crippen molar-refractivity contribution in [3.8, 4) is 11.5 Å². The largest absolute Gasteiger partial charge is 0.493 e. The Kier molecular flexibility index (Phi) is 4.62. The number of hydrogen-bond donors (Lipinski definition) is 0. The number of hydrogen-bond acceptors (Lipinski definition) is 4. The van der Waals surface area contributed by atoms with Crippen molar-refractivity contribution in [2.75, 3.05) is 27.3 Å². The molecule has 1 saturated heterocycles. The topological polar surface area (TPSA) is 38.8 Å². The van der Waals surface area contributed by atoms with Crippen molar-refractivity contribution in [3.05, 3.63) is 23.3 Å². The number of ketones is 1. The number of fused-ring (bicyclic) bond motifs is 3. The number of carbonyl (C=O) groups is 1. The first-order chi connectivity index (χ1) is 11.0. The Morgan fingerprint density at radius 1 is 1.22 bits per heavy atom. The zero-order valence-electron chi connectivity index (χ0n) is 14.6. The molecule has 4 heteroatoms. The number of carbonyl (C=O) groups excluding carboxylic acids is 1. The van der Waals surface area contributed by atoms with Gasteiger partial charge in [-0.25, -0.2) is 0 Å². The number of Topliss-reactive ketones (excluding diaryl/α,β-unsaturated/α-hetero) is 1. The summed E-state index contributed by atoms with van der Waals surface area (Å²) < 4.78 is 10.9. The fourth-order valence-electron chi connectivity index (χ4n) is 4.05. The molecule has 2 atom stereocenters. The SMILES string of the molecule is COc1cc2c(cc1OC)C1CC(=O)[C@H](CC(C)C)CN1CC2. The van der Waals surface area contributed by atoms with Crippen LogP contribution in [0.4, 0.5) is 0 Å². The third-order valence-electron chi connectivity index (χ3n) is 5.17. The fraction of sp³-hybridized carbons (Fsp3) is 0.632. The van der Waals surface area contributed by atoms with E-state index in [1.165, 1.54) is 11.1 Å². The van der Waals surface area contributed by atoms with Crippen LogP contribution >= 0.6 is 0 Å². The summed E-state index contributed by atoms with van der Waals surface area (Å²) in [5.74, 6) is 2.72. The van der Waals surface area contributed by atoms with Gasteiger partial charge in [-0.05, 0) is 42.0 Å². The van der Waals surface area contributed by atoms with E-state index in [0.717, 1.165) is 37.4 Å². The second-order valence-corrected chi connectivity index (χ2v) is 7.16. The highest BCUT2D eigenvalue weighted by atomic mass is 16.5. The third kappa shape index (κ3) is 3.09. The molecule has 3 rings (SSSR count). The standard InChI is InChI=1S/C19H27NO3/c1-12(2)7-14-11-20-6-5-13-8-18(22-3)19(23-4)9-15(13)16(20)10-17(14)21/h8-9,12,14,16H,5-7,10-11H2,1-4H3/t14-,16?/m1/s1. The Labute approximate surface area is 138 Å². The monoisotopic (exact) mass is 317 g/mol. The molecule has 1 fully saturated rings. The highest BCUT2D eigenvalue weighted by Gasteiger charge is 2.38. The number of benzene rings is 1. The van der Waals surface area contributed by atoms with Gasteiger partial charge in [0.1, 0.15) is 5.78 Å². The fourth-order valence-corrected chi connectivity index (χ4v) is 4.05. The lowest BCUT2D eigenvalue weighted by molar-refractivity contribution is -0.129. The van der Waals surface area contributed by atoms with Crippen molar-refractivity contribution >= 4 is 5.78 Å². The van der Waals surface area contributed by atoms with Gasteiger partial charge in [0.2, 0.25) is 0 Å². The van der Waals surface area contributed by atoms with Gasteiger partial charge in [0, 0.05) is 31.5 Å². The minimum Gasteiger partial charge on any atom is -0.493 e. The first-order valence-electron chi connectivity index (χ1n) is 8.55. The van der Waals surface area contributed by atoms with Crippen LogP contribution in [0.15, 0.2) is 12.1 Å². The molecule has 1 aromatic carbocycles. The van der Waals surface area contributed by atoms with E-state index in [9.17, 15) is 4.79 Å². The van der Waals surface area contributed by atoms with Gasteiger partial charge in [-0.2, -0.15) is 0 Å². The number of methoxy groups -OCH3 is 2. The van der Waals surface area contributed by atoms with E-state index in [1.807, 2.05) is 0 Å². The summed E-state index contributed by atoms with van der Waals surface area (Å²) in [5, 5.41) is 0. The lowest BCUT2D eigenvalue weighted by atomic mass is 9.80. The minimum absolute atomic E-state index is 0.202. The molecule has 0 spiro atoms. The highest BCUT2D eigenvalue weighted by molar-refractivity contribution is 5.83. The molecule has 1 unspecified atom stereocenters. The molecule has 0 amide bonds. The number of piperidine rings is 1. The summed E-state index contributed by atoms with van der Waals surface area (Å²) in [6, 6.07) is 4.35. The smallest absolute Gasteiger partial charge is 0.161 e. The van der Waals surface area contributed by atoms with Gasteiger partial charge in [-0.3, -0.25) is 9.69 Å². The van der Waals surface area contributed by atoms with Crippen LogP contribution < -0.4 is 9.47 Å². The molecule has 0 bridgehead atoms. The van der Waals surface area contributed by atoms with E-state index >= 15 is 0 Å². The second kappa shape index (κ2) is 6.52. The number of nitrogens with zero attached hydrogens (tertiary/aromatic N) is 1. The third-order valence-corrected chi connectivity index (χ3v) is 5.17. The molecule has 0 N–H and O–H groups in total. The van der Waals surface area contributed by atoms with Crippen LogP contribution in [-0.4, -0.2) is 38.0 Å². The van der Waals surface area contributed by atoms with Crippen LogP contribution in [0.3, 0.4) is 0 Å². The van der Waals surface area contributed by atoms with E-state index in [-0.39, 0.29) is 12.0 Å². The van der Waals surface area contributed by atoms with E-state index in [2.05, 4.69) is 30.9 Å². The van der Waals surface area contributed by atoms with Crippen LogP contribution in [0.2, 0.25) is 0 Å².